The van der Waals surface area contributed by atoms with E-state index in [0.29, 0.717) is 40.7 Å². The summed E-state index contributed by atoms with van der Waals surface area (Å²) in [6, 6.07) is 6.92. The van der Waals surface area contributed by atoms with Crippen LogP contribution in [0.25, 0.3) is 0 Å². The molecule has 1 N–H and O–H groups in total. The SMILES string of the molecule is COc1cc2c(cc1OC)[C@@H]1C(=O)c3ccc4c(c3O[C@@H]1CO2)CC(O)O4. The Morgan fingerprint density at radius 3 is 2.63 bits per heavy atom. The molecule has 0 spiro atoms. The van der Waals surface area contributed by atoms with Crippen molar-refractivity contribution in [2.24, 2.45) is 0 Å². The molecule has 1 unspecified atom stereocenters. The molecule has 3 aliphatic rings. The van der Waals surface area contributed by atoms with Crippen molar-refractivity contribution in [2.45, 2.75) is 24.7 Å². The summed E-state index contributed by atoms with van der Waals surface area (Å²) in [6.45, 7) is 0.241. The summed E-state index contributed by atoms with van der Waals surface area (Å²) >= 11 is 0. The van der Waals surface area contributed by atoms with Crippen LogP contribution in [0.1, 0.15) is 27.4 Å². The lowest BCUT2D eigenvalue weighted by Gasteiger charge is -2.37. The molecule has 0 amide bonds. The smallest absolute Gasteiger partial charge is 0.201 e. The van der Waals surface area contributed by atoms with E-state index in [-0.39, 0.29) is 12.4 Å². The molecule has 0 aliphatic carbocycles. The number of benzene rings is 2. The van der Waals surface area contributed by atoms with Crippen LogP contribution in [0.2, 0.25) is 0 Å². The van der Waals surface area contributed by atoms with E-state index in [1.165, 1.54) is 0 Å². The van der Waals surface area contributed by atoms with Gasteiger partial charge in [0.1, 0.15) is 30.0 Å². The van der Waals surface area contributed by atoms with E-state index < -0.39 is 18.3 Å². The number of hydrogen-bond acceptors (Lipinski definition) is 7. The highest BCUT2D eigenvalue weighted by Gasteiger charge is 2.45. The standard InChI is InChI=1S/C20H18O7/c1-23-14-5-10-13(7-15(14)24-2)25-8-16-18(10)19(22)9-3-4-12-11(20(9)27-16)6-17(21)26-12/h3-5,7,16-18,21H,6,8H2,1-2H3/t16-,17?,18+/m1/s1. The molecule has 7 heteroatoms. The van der Waals surface area contributed by atoms with Crippen molar-refractivity contribution in [3.8, 4) is 28.7 Å². The Balaban J connectivity index is 1.62. The highest BCUT2D eigenvalue weighted by Crippen LogP contribution is 2.49. The lowest BCUT2D eigenvalue weighted by Crippen LogP contribution is -2.43. The van der Waals surface area contributed by atoms with Gasteiger partial charge in [-0.15, -0.1) is 0 Å². The van der Waals surface area contributed by atoms with Crippen LogP contribution in [-0.4, -0.2) is 44.1 Å². The van der Waals surface area contributed by atoms with Crippen LogP contribution >= 0.6 is 0 Å². The minimum Gasteiger partial charge on any atom is -0.493 e. The number of carbonyl (C=O) groups is 1. The predicted octanol–water partition coefficient (Wildman–Crippen LogP) is 2.08. The van der Waals surface area contributed by atoms with Crippen LogP contribution in [0.5, 0.6) is 28.7 Å². The zero-order chi connectivity index (χ0) is 18.7. The number of Topliss-reactive ketones (excluding diaryl/α,β-unsaturated/α-hetero) is 1. The average Bonchev–Trinajstić information content (AvgIpc) is 3.07. The molecule has 3 heterocycles. The van der Waals surface area contributed by atoms with E-state index in [1.54, 1.807) is 38.5 Å². The Hall–Kier alpha value is -2.93. The van der Waals surface area contributed by atoms with E-state index in [1.807, 2.05) is 0 Å². The molecule has 0 saturated carbocycles. The van der Waals surface area contributed by atoms with Gasteiger partial charge in [-0.25, -0.2) is 0 Å². The molecule has 0 bridgehead atoms. The second kappa shape index (κ2) is 5.79. The molecule has 7 nitrogen and oxygen atoms in total. The second-order valence-electron chi connectivity index (χ2n) is 6.75. The Morgan fingerprint density at radius 1 is 1.07 bits per heavy atom. The maximum absolute atomic E-state index is 13.3. The highest BCUT2D eigenvalue weighted by molar-refractivity contribution is 6.06. The van der Waals surface area contributed by atoms with Crippen molar-refractivity contribution in [1.29, 1.82) is 0 Å². The Labute approximate surface area is 155 Å². The third-order valence-electron chi connectivity index (χ3n) is 5.30. The van der Waals surface area contributed by atoms with E-state index >= 15 is 0 Å². The Kier molecular flexibility index (Phi) is 3.48. The van der Waals surface area contributed by atoms with Crippen molar-refractivity contribution in [1.82, 2.24) is 0 Å². The van der Waals surface area contributed by atoms with Gasteiger partial charge in [0, 0.05) is 23.6 Å². The van der Waals surface area contributed by atoms with Gasteiger partial charge in [-0.1, -0.05) is 0 Å². The molecule has 0 fully saturated rings. The minimum absolute atomic E-state index is 0.0396. The largest absolute Gasteiger partial charge is 0.493 e. The number of ether oxygens (including phenoxy) is 5. The molecule has 2 aromatic rings. The molecule has 0 aromatic heterocycles. The van der Waals surface area contributed by atoms with Gasteiger partial charge in [-0.05, 0) is 18.2 Å². The summed E-state index contributed by atoms with van der Waals surface area (Å²) in [5.74, 6) is 2.18. The first-order chi connectivity index (χ1) is 13.1. The van der Waals surface area contributed by atoms with Crippen LogP contribution in [0.3, 0.4) is 0 Å². The first kappa shape index (κ1) is 16.3. The van der Waals surface area contributed by atoms with E-state index in [4.69, 9.17) is 23.7 Å². The summed E-state index contributed by atoms with van der Waals surface area (Å²) in [5, 5.41) is 9.77. The number of rotatable bonds is 2. The lowest BCUT2D eigenvalue weighted by molar-refractivity contribution is 0.00196. The van der Waals surface area contributed by atoms with Crippen molar-refractivity contribution in [2.75, 3.05) is 20.8 Å². The number of fused-ring (bicyclic) bond motifs is 6. The molecule has 5 rings (SSSR count). The number of ketones is 1. The maximum Gasteiger partial charge on any atom is 0.201 e. The van der Waals surface area contributed by atoms with Crippen molar-refractivity contribution in [3.63, 3.8) is 0 Å². The van der Waals surface area contributed by atoms with Crippen LogP contribution in [0.15, 0.2) is 24.3 Å². The van der Waals surface area contributed by atoms with Crippen LogP contribution in [-0.2, 0) is 6.42 Å². The number of aliphatic hydroxyl groups is 1. The van der Waals surface area contributed by atoms with Crippen LogP contribution in [0.4, 0.5) is 0 Å². The van der Waals surface area contributed by atoms with Gasteiger partial charge in [0.2, 0.25) is 6.29 Å². The molecular weight excluding hydrogens is 352 g/mol. The number of methoxy groups -OCH3 is 2. The highest BCUT2D eigenvalue weighted by atomic mass is 16.6. The third kappa shape index (κ3) is 2.28. The fourth-order valence-electron chi connectivity index (χ4n) is 4.05. The van der Waals surface area contributed by atoms with Gasteiger partial charge in [0.25, 0.3) is 0 Å². The zero-order valence-electron chi connectivity index (χ0n) is 14.9. The second-order valence-corrected chi connectivity index (χ2v) is 6.75. The van der Waals surface area contributed by atoms with Crippen molar-refractivity contribution in [3.05, 3.63) is 41.0 Å². The average molecular weight is 370 g/mol. The molecule has 0 saturated heterocycles. The molecule has 140 valence electrons. The Bertz CT molecular complexity index is 952. The lowest BCUT2D eigenvalue weighted by atomic mass is 9.81. The van der Waals surface area contributed by atoms with Crippen molar-refractivity contribution < 1.29 is 33.6 Å². The first-order valence-corrected chi connectivity index (χ1v) is 8.71. The number of hydrogen-bond donors (Lipinski definition) is 1. The first-order valence-electron chi connectivity index (χ1n) is 8.71. The summed E-state index contributed by atoms with van der Waals surface area (Å²) in [6.07, 6.45) is -1.08. The quantitative estimate of drug-likeness (QED) is 0.866. The van der Waals surface area contributed by atoms with E-state index in [2.05, 4.69) is 0 Å². The molecule has 27 heavy (non-hydrogen) atoms. The fourth-order valence-corrected chi connectivity index (χ4v) is 4.05. The molecule has 0 radical (unpaired) electrons. The van der Waals surface area contributed by atoms with Crippen molar-refractivity contribution >= 4 is 5.78 Å². The molecule has 2 aromatic carbocycles. The third-order valence-corrected chi connectivity index (χ3v) is 5.30. The normalized spacial score (nSPS) is 24.4. The van der Waals surface area contributed by atoms with Crippen LogP contribution < -0.4 is 23.7 Å². The van der Waals surface area contributed by atoms with Gasteiger partial charge in [0.15, 0.2) is 17.3 Å². The van der Waals surface area contributed by atoms with Gasteiger partial charge in [-0.3, -0.25) is 4.79 Å². The number of carbonyl (C=O) groups excluding carboxylic acids is 1. The molecule has 3 atom stereocenters. The van der Waals surface area contributed by atoms with Gasteiger partial charge >= 0.3 is 0 Å². The molecule has 3 aliphatic heterocycles. The topological polar surface area (TPSA) is 83.5 Å². The zero-order valence-corrected chi connectivity index (χ0v) is 14.9. The van der Waals surface area contributed by atoms with Gasteiger partial charge in [-0.2, -0.15) is 0 Å². The monoisotopic (exact) mass is 370 g/mol. The molecular formula is C20H18O7. The predicted molar refractivity (Wildman–Crippen MR) is 93.3 cm³/mol. The maximum atomic E-state index is 13.3. The van der Waals surface area contributed by atoms with E-state index in [0.717, 1.165) is 11.1 Å². The fraction of sp³-hybridized carbons (Fsp3) is 0.350. The van der Waals surface area contributed by atoms with Gasteiger partial charge in [0.05, 0.1) is 25.7 Å². The summed E-state index contributed by atoms with van der Waals surface area (Å²) in [5.41, 5.74) is 1.94. The number of aliphatic hydroxyl groups excluding tert-OH is 1. The van der Waals surface area contributed by atoms with Gasteiger partial charge < -0.3 is 28.8 Å². The Morgan fingerprint density at radius 2 is 1.85 bits per heavy atom. The summed E-state index contributed by atoms with van der Waals surface area (Å²) in [4.78, 5) is 13.3. The summed E-state index contributed by atoms with van der Waals surface area (Å²) < 4.78 is 28.1. The van der Waals surface area contributed by atoms with E-state index in [9.17, 15) is 9.90 Å². The summed E-state index contributed by atoms with van der Waals surface area (Å²) in [7, 11) is 3.10. The minimum atomic E-state index is -0.914. The van der Waals surface area contributed by atoms with Crippen LogP contribution in [0, 0.1) is 0 Å².